The van der Waals surface area contributed by atoms with Crippen LogP contribution in [0.4, 0.5) is 5.69 Å². The molecule has 4 aliphatic heterocycles. The van der Waals surface area contributed by atoms with Gasteiger partial charge in [-0.2, -0.15) is 0 Å². The average Bonchev–Trinajstić information content (AvgIpc) is 3.59. The van der Waals surface area contributed by atoms with Crippen LogP contribution in [-0.4, -0.2) is 95.8 Å². The average molecular weight is 549 g/mol. The molecule has 1 aromatic heterocycles. The molecule has 0 bridgehead atoms. The van der Waals surface area contributed by atoms with E-state index in [0.29, 0.717) is 69.1 Å². The first-order chi connectivity index (χ1) is 19.2. The Balaban J connectivity index is 1.14. The molecule has 0 N–H and O–H groups in total. The van der Waals surface area contributed by atoms with Crippen molar-refractivity contribution >= 4 is 29.3 Å². The first-order valence-electron chi connectivity index (χ1n) is 14.2. The van der Waals surface area contributed by atoms with Gasteiger partial charge in [0.2, 0.25) is 5.91 Å². The molecule has 0 radical (unpaired) electrons. The molecule has 10 nitrogen and oxygen atoms in total. The van der Waals surface area contributed by atoms with E-state index < -0.39 is 0 Å². The fourth-order valence-electron chi connectivity index (χ4n) is 6.64. The smallest absolute Gasteiger partial charge is 0.289 e. The van der Waals surface area contributed by atoms with Gasteiger partial charge in [-0.15, -0.1) is 0 Å². The molecule has 1 aromatic carbocycles. The van der Waals surface area contributed by atoms with E-state index >= 15 is 0 Å². The van der Waals surface area contributed by atoms with Gasteiger partial charge >= 0.3 is 0 Å². The lowest BCUT2D eigenvalue weighted by Crippen LogP contribution is -2.53. The van der Waals surface area contributed by atoms with Gasteiger partial charge in [-0.1, -0.05) is 6.07 Å². The number of furan rings is 1. The lowest BCUT2D eigenvalue weighted by Gasteiger charge is -2.40. The van der Waals surface area contributed by atoms with Crippen LogP contribution in [0, 0.1) is 5.92 Å². The third-order valence-corrected chi connectivity index (χ3v) is 8.68. The van der Waals surface area contributed by atoms with E-state index in [9.17, 15) is 19.2 Å². The molecular weight excluding hydrogens is 512 g/mol. The van der Waals surface area contributed by atoms with E-state index in [1.165, 1.54) is 11.2 Å². The zero-order valence-corrected chi connectivity index (χ0v) is 23.1. The predicted molar refractivity (Wildman–Crippen MR) is 146 cm³/mol. The van der Waals surface area contributed by atoms with E-state index in [1.54, 1.807) is 23.1 Å². The molecule has 4 amide bonds. The Hall–Kier alpha value is -3.66. The highest BCUT2D eigenvalue weighted by atomic mass is 16.5. The van der Waals surface area contributed by atoms with Crippen molar-refractivity contribution in [3.8, 4) is 0 Å². The van der Waals surface area contributed by atoms with Crippen molar-refractivity contribution < 1.29 is 28.3 Å². The number of hydrogen-bond donors (Lipinski definition) is 0. The standard InChI is InChI=1S/C30H36N4O6/c1-30(2)18-21(10-17-40-30)34-27(36)22-7-3-8-23(25(22)29(34)38)33-11-4-6-20(19-33)26(35)31-12-14-32(15-13-31)28(37)24-9-5-16-39-24/h3,5,7-9,16,20-21H,4,6,10-15,17-19H2,1-2H3/t20-,21+/m1/s1. The Kier molecular flexibility index (Phi) is 6.90. The Morgan fingerprint density at radius 1 is 0.925 bits per heavy atom. The molecule has 10 heteroatoms. The number of piperazine rings is 1. The Morgan fingerprint density at radius 3 is 2.42 bits per heavy atom. The highest BCUT2D eigenvalue weighted by molar-refractivity contribution is 6.24. The second-order valence-corrected chi connectivity index (χ2v) is 11.8. The second kappa shape index (κ2) is 10.4. The molecular formula is C30H36N4O6. The lowest BCUT2D eigenvalue weighted by atomic mass is 9.93. The molecule has 0 unspecified atom stereocenters. The van der Waals surface area contributed by atoms with Crippen molar-refractivity contribution in [3.63, 3.8) is 0 Å². The Morgan fingerprint density at radius 2 is 1.70 bits per heavy atom. The second-order valence-electron chi connectivity index (χ2n) is 11.8. The maximum Gasteiger partial charge on any atom is 0.289 e. The summed E-state index contributed by atoms with van der Waals surface area (Å²) in [6.07, 6.45) is 4.30. The summed E-state index contributed by atoms with van der Waals surface area (Å²) in [5.41, 5.74) is 1.24. The summed E-state index contributed by atoms with van der Waals surface area (Å²) in [7, 11) is 0. The zero-order valence-electron chi connectivity index (χ0n) is 23.1. The normalized spacial score (nSPS) is 24.9. The first-order valence-corrected chi connectivity index (χ1v) is 14.2. The number of amides is 4. The van der Waals surface area contributed by atoms with Crippen LogP contribution >= 0.6 is 0 Å². The van der Waals surface area contributed by atoms with Crippen molar-refractivity contribution in [3.05, 3.63) is 53.5 Å². The maximum absolute atomic E-state index is 13.7. The summed E-state index contributed by atoms with van der Waals surface area (Å²) in [5.74, 6) is -0.464. The van der Waals surface area contributed by atoms with Crippen LogP contribution < -0.4 is 4.90 Å². The number of carbonyl (C=O) groups is 4. The molecule has 3 fully saturated rings. The van der Waals surface area contributed by atoms with E-state index in [-0.39, 0.29) is 41.2 Å². The van der Waals surface area contributed by atoms with E-state index in [0.717, 1.165) is 25.1 Å². The van der Waals surface area contributed by atoms with Crippen LogP contribution in [-0.2, 0) is 9.53 Å². The van der Waals surface area contributed by atoms with Crippen LogP contribution in [0.25, 0.3) is 0 Å². The molecule has 0 saturated carbocycles. The number of benzene rings is 1. The van der Waals surface area contributed by atoms with Gasteiger partial charge in [-0.3, -0.25) is 24.1 Å². The van der Waals surface area contributed by atoms with Crippen LogP contribution in [0.1, 0.15) is 70.8 Å². The Bertz CT molecular complexity index is 1310. The highest BCUT2D eigenvalue weighted by Crippen LogP contribution is 2.38. The maximum atomic E-state index is 13.7. The number of imide groups is 1. The van der Waals surface area contributed by atoms with Gasteiger partial charge in [-0.25, -0.2) is 0 Å². The van der Waals surface area contributed by atoms with Gasteiger partial charge in [0.05, 0.1) is 34.6 Å². The van der Waals surface area contributed by atoms with Gasteiger partial charge in [0, 0.05) is 51.9 Å². The predicted octanol–water partition coefficient (Wildman–Crippen LogP) is 3.03. The summed E-state index contributed by atoms with van der Waals surface area (Å²) in [4.78, 5) is 60.4. The number of ether oxygens (including phenoxy) is 1. The number of rotatable bonds is 4. The van der Waals surface area contributed by atoms with Crippen LogP contribution in [0.3, 0.4) is 0 Å². The minimum atomic E-state index is -0.390. The topological polar surface area (TPSA) is 104 Å². The molecule has 2 atom stereocenters. The van der Waals surface area contributed by atoms with Crippen molar-refractivity contribution in [2.45, 2.75) is 51.2 Å². The van der Waals surface area contributed by atoms with Gasteiger partial charge < -0.3 is 23.9 Å². The van der Waals surface area contributed by atoms with Gasteiger partial charge in [0.1, 0.15) is 0 Å². The molecule has 212 valence electrons. The summed E-state index contributed by atoms with van der Waals surface area (Å²) in [6, 6.07) is 8.61. The van der Waals surface area contributed by atoms with E-state index in [1.807, 2.05) is 30.9 Å². The van der Waals surface area contributed by atoms with Crippen LogP contribution in [0.15, 0.2) is 41.0 Å². The minimum Gasteiger partial charge on any atom is -0.459 e. The van der Waals surface area contributed by atoms with Crippen molar-refractivity contribution in [1.29, 1.82) is 0 Å². The molecule has 4 aliphatic rings. The number of fused-ring (bicyclic) bond motifs is 1. The SMILES string of the molecule is CC1(C)C[C@@H](N2C(=O)c3cccc(N4CCC[C@@H](C(=O)N5CCN(C(=O)c6ccco6)CC5)C4)c3C2=O)CCO1. The van der Waals surface area contributed by atoms with E-state index in [2.05, 4.69) is 4.90 Å². The van der Waals surface area contributed by atoms with E-state index in [4.69, 9.17) is 9.15 Å². The molecule has 0 aliphatic carbocycles. The molecule has 5 heterocycles. The fourth-order valence-corrected chi connectivity index (χ4v) is 6.64. The van der Waals surface area contributed by atoms with Gasteiger partial charge in [0.15, 0.2) is 5.76 Å². The Labute approximate surface area is 233 Å². The number of nitrogens with zero attached hydrogens (tertiary/aromatic N) is 4. The molecule has 40 heavy (non-hydrogen) atoms. The molecule has 6 rings (SSSR count). The summed E-state index contributed by atoms with van der Waals surface area (Å²) in [5, 5.41) is 0. The number of anilines is 1. The van der Waals surface area contributed by atoms with Gasteiger partial charge in [-0.05, 0) is 63.8 Å². The highest BCUT2D eigenvalue weighted by Gasteiger charge is 2.45. The van der Waals surface area contributed by atoms with Crippen LogP contribution in [0.2, 0.25) is 0 Å². The van der Waals surface area contributed by atoms with Gasteiger partial charge in [0.25, 0.3) is 17.7 Å². The molecule has 2 aromatic rings. The molecule has 0 spiro atoms. The minimum absolute atomic E-state index is 0.0795. The third-order valence-electron chi connectivity index (χ3n) is 8.68. The van der Waals surface area contributed by atoms with Crippen molar-refractivity contribution in [1.82, 2.24) is 14.7 Å². The lowest BCUT2D eigenvalue weighted by molar-refractivity contribution is -0.137. The van der Waals surface area contributed by atoms with Crippen molar-refractivity contribution in [2.24, 2.45) is 5.92 Å². The van der Waals surface area contributed by atoms with Crippen LogP contribution in [0.5, 0.6) is 0 Å². The largest absolute Gasteiger partial charge is 0.459 e. The third kappa shape index (κ3) is 4.78. The van der Waals surface area contributed by atoms with Crippen molar-refractivity contribution in [2.75, 3.05) is 50.8 Å². The monoisotopic (exact) mass is 548 g/mol. The fraction of sp³-hybridized carbons (Fsp3) is 0.533. The number of piperidine rings is 1. The first kappa shape index (κ1) is 26.6. The number of carbonyl (C=O) groups excluding carboxylic acids is 4. The number of hydrogen-bond acceptors (Lipinski definition) is 7. The summed E-state index contributed by atoms with van der Waals surface area (Å²) in [6.45, 7) is 7.59. The summed E-state index contributed by atoms with van der Waals surface area (Å²) >= 11 is 0. The zero-order chi connectivity index (χ0) is 28.0. The molecule has 3 saturated heterocycles. The summed E-state index contributed by atoms with van der Waals surface area (Å²) < 4.78 is 11.1. The quantitative estimate of drug-likeness (QED) is 0.541.